The molecular weight excluding hydrogens is 486 g/mol. The molecule has 11 heteroatoms. The monoisotopic (exact) mass is 518 g/mol. The maximum Gasteiger partial charge on any atom is 0.289 e. The number of halogens is 2. The van der Waals surface area contributed by atoms with Gasteiger partial charge in [0.25, 0.3) is 5.91 Å². The first-order valence-corrected chi connectivity index (χ1v) is 12.5. The maximum atomic E-state index is 14.0. The third-order valence-electron chi connectivity index (χ3n) is 8.21. The van der Waals surface area contributed by atoms with E-state index < -0.39 is 53.1 Å². The Bertz CT molecular complexity index is 1120. The van der Waals surface area contributed by atoms with Crippen LogP contribution >= 0.6 is 0 Å². The molecule has 1 saturated carbocycles. The van der Waals surface area contributed by atoms with Crippen molar-refractivity contribution in [2.24, 2.45) is 23.2 Å². The Morgan fingerprint density at radius 3 is 2.46 bits per heavy atom. The summed E-state index contributed by atoms with van der Waals surface area (Å²) in [6.45, 7) is 4.75. The molecule has 4 amide bonds. The van der Waals surface area contributed by atoms with Crippen LogP contribution in [-0.4, -0.2) is 66.5 Å². The smallest absolute Gasteiger partial charge is 0.289 e. The van der Waals surface area contributed by atoms with Crippen LogP contribution in [0.5, 0.6) is 0 Å². The van der Waals surface area contributed by atoms with E-state index in [4.69, 9.17) is 0 Å². The first-order chi connectivity index (χ1) is 17.5. The zero-order chi connectivity index (χ0) is 27.1. The summed E-state index contributed by atoms with van der Waals surface area (Å²) in [4.78, 5) is 65.1. The lowest BCUT2D eigenvalue weighted by molar-refractivity contribution is -0.143. The van der Waals surface area contributed by atoms with Crippen LogP contribution in [0.1, 0.15) is 38.7 Å². The Morgan fingerprint density at radius 1 is 1.19 bits per heavy atom. The second-order valence-electron chi connectivity index (χ2n) is 10.7. The van der Waals surface area contributed by atoms with Gasteiger partial charge in [0.1, 0.15) is 17.7 Å². The van der Waals surface area contributed by atoms with Gasteiger partial charge in [-0.2, -0.15) is 0 Å². The molecule has 2 heterocycles. The Kier molecular flexibility index (Phi) is 7.34. The van der Waals surface area contributed by atoms with Crippen molar-refractivity contribution in [1.82, 2.24) is 20.9 Å². The van der Waals surface area contributed by atoms with Crippen molar-refractivity contribution in [3.05, 3.63) is 35.4 Å². The number of carbonyl (C=O) groups excluding carboxylic acids is 5. The second kappa shape index (κ2) is 10.2. The van der Waals surface area contributed by atoms with E-state index in [1.54, 1.807) is 0 Å². The molecule has 0 bridgehead atoms. The molecule has 3 aliphatic rings. The first-order valence-electron chi connectivity index (χ1n) is 12.5. The van der Waals surface area contributed by atoms with Crippen LogP contribution in [0.15, 0.2) is 18.2 Å². The molecular formula is C26H32F2N4O5. The van der Waals surface area contributed by atoms with Crippen LogP contribution in [0.4, 0.5) is 8.78 Å². The molecule has 4 rings (SSSR count). The third kappa shape index (κ3) is 5.08. The quantitative estimate of drug-likeness (QED) is 0.416. The molecule has 1 aromatic rings. The molecule has 2 aliphatic heterocycles. The van der Waals surface area contributed by atoms with Gasteiger partial charge in [0, 0.05) is 38.0 Å². The fourth-order valence-corrected chi connectivity index (χ4v) is 5.91. The van der Waals surface area contributed by atoms with Crippen LogP contribution in [0.3, 0.4) is 0 Å². The summed E-state index contributed by atoms with van der Waals surface area (Å²) >= 11 is 0. The molecule has 3 fully saturated rings. The van der Waals surface area contributed by atoms with Crippen LogP contribution in [0.25, 0.3) is 0 Å². The van der Waals surface area contributed by atoms with E-state index in [0.29, 0.717) is 19.5 Å². The minimum absolute atomic E-state index is 0.0332. The van der Waals surface area contributed by atoms with E-state index in [-0.39, 0.29) is 48.0 Å². The summed E-state index contributed by atoms with van der Waals surface area (Å²) in [5.41, 5.74) is -0.394. The standard InChI is InChI=1S/C26H32F2N4O5/c1-26(2)15-12-32(19(33)8-7-14-16(27)5-4-6-17(14)28)21(20(15)26)24(36)31-18(22(34)25(37)29-3)11-13-9-10-30-23(13)35/h4-6,13,15,18,20-21H,7-12H2,1-3H3,(H,29,37)(H,30,35)(H,31,36)/t13-,15-,18-,20-,21-/m0/s1. The third-order valence-corrected chi connectivity index (χ3v) is 8.21. The Morgan fingerprint density at radius 2 is 1.86 bits per heavy atom. The number of benzene rings is 1. The topological polar surface area (TPSA) is 125 Å². The molecule has 0 aromatic heterocycles. The van der Waals surface area contributed by atoms with Crippen molar-refractivity contribution < 1.29 is 32.8 Å². The van der Waals surface area contributed by atoms with E-state index in [1.165, 1.54) is 18.0 Å². The molecule has 0 spiro atoms. The lowest BCUT2D eigenvalue weighted by atomic mass is 9.94. The van der Waals surface area contributed by atoms with Crippen LogP contribution < -0.4 is 16.0 Å². The van der Waals surface area contributed by atoms with Crippen molar-refractivity contribution in [2.75, 3.05) is 20.1 Å². The predicted octanol–water partition coefficient (Wildman–Crippen LogP) is 0.707. The van der Waals surface area contributed by atoms with Crippen molar-refractivity contribution in [3.63, 3.8) is 0 Å². The number of hydrogen-bond acceptors (Lipinski definition) is 5. The number of rotatable bonds is 9. The number of amides is 4. The van der Waals surface area contributed by atoms with Crippen molar-refractivity contribution in [2.45, 2.75) is 51.6 Å². The molecule has 1 aromatic carbocycles. The largest absolute Gasteiger partial charge is 0.356 e. The Balaban J connectivity index is 1.50. The van der Waals surface area contributed by atoms with Gasteiger partial charge in [-0.25, -0.2) is 8.78 Å². The molecule has 5 atom stereocenters. The van der Waals surface area contributed by atoms with Gasteiger partial charge in [-0.05, 0) is 48.6 Å². The average Bonchev–Trinajstić information content (AvgIpc) is 3.21. The van der Waals surface area contributed by atoms with Gasteiger partial charge in [-0.1, -0.05) is 19.9 Å². The number of fused-ring (bicyclic) bond motifs is 1. The first kappa shape index (κ1) is 26.7. The highest BCUT2D eigenvalue weighted by Crippen LogP contribution is 2.64. The highest BCUT2D eigenvalue weighted by molar-refractivity contribution is 6.38. The van der Waals surface area contributed by atoms with Gasteiger partial charge >= 0.3 is 0 Å². The zero-order valence-corrected chi connectivity index (χ0v) is 21.1. The molecule has 0 radical (unpaired) electrons. The van der Waals surface area contributed by atoms with Gasteiger partial charge in [-0.15, -0.1) is 0 Å². The van der Waals surface area contributed by atoms with Gasteiger partial charge in [-0.3, -0.25) is 24.0 Å². The zero-order valence-electron chi connectivity index (χ0n) is 21.1. The lowest BCUT2D eigenvalue weighted by Crippen LogP contribution is -2.55. The molecule has 37 heavy (non-hydrogen) atoms. The van der Waals surface area contributed by atoms with E-state index >= 15 is 0 Å². The summed E-state index contributed by atoms with van der Waals surface area (Å²) < 4.78 is 28.1. The summed E-state index contributed by atoms with van der Waals surface area (Å²) in [7, 11) is 1.30. The van der Waals surface area contributed by atoms with E-state index in [2.05, 4.69) is 16.0 Å². The lowest BCUT2D eigenvalue weighted by Gasteiger charge is -2.31. The SMILES string of the molecule is CNC(=O)C(=O)[C@H](C[C@@H]1CCNC1=O)NC(=O)[C@@H]1[C@@H]2[C@H](CN1C(=O)CCc1c(F)cccc1F)C2(C)C. The molecule has 2 saturated heterocycles. The number of Topliss-reactive ketones (excluding diaryl/α,β-unsaturated/α-hetero) is 1. The summed E-state index contributed by atoms with van der Waals surface area (Å²) in [5, 5.41) is 7.58. The molecule has 3 N–H and O–H groups in total. The molecule has 9 nitrogen and oxygen atoms in total. The summed E-state index contributed by atoms with van der Waals surface area (Å²) in [6, 6.07) is 1.38. The van der Waals surface area contributed by atoms with E-state index in [0.717, 1.165) is 12.1 Å². The molecule has 0 unspecified atom stereocenters. The second-order valence-corrected chi connectivity index (χ2v) is 10.7. The van der Waals surface area contributed by atoms with Gasteiger partial charge in [0.15, 0.2) is 0 Å². The number of piperidine rings is 1. The predicted molar refractivity (Wildman–Crippen MR) is 128 cm³/mol. The van der Waals surface area contributed by atoms with E-state index in [1.807, 2.05) is 13.8 Å². The number of nitrogens with one attached hydrogen (secondary N) is 3. The fraction of sp³-hybridized carbons (Fsp3) is 0.577. The van der Waals surface area contributed by atoms with Crippen molar-refractivity contribution >= 4 is 29.4 Å². The number of carbonyl (C=O) groups is 5. The number of nitrogens with zero attached hydrogens (tertiary/aromatic N) is 1. The average molecular weight is 519 g/mol. The summed E-state index contributed by atoms with van der Waals surface area (Å²) in [6.07, 6.45) is 0.0962. The minimum Gasteiger partial charge on any atom is -0.356 e. The number of likely N-dealkylation sites (tertiary alicyclic amines) is 1. The molecule has 1 aliphatic carbocycles. The minimum atomic E-state index is -1.23. The van der Waals surface area contributed by atoms with Gasteiger partial charge in [0.05, 0.1) is 6.04 Å². The van der Waals surface area contributed by atoms with E-state index in [9.17, 15) is 32.8 Å². The van der Waals surface area contributed by atoms with Crippen LogP contribution in [-0.2, 0) is 30.4 Å². The number of ketones is 1. The fourth-order valence-electron chi connectivity index (χ4n) is 5.91. The molecule has 200 valence electrons. The Hall–Kier alpha value is -3.37. The normalized spacial score (nSPS) is 26.2. The number of hydrogen-bond donors (Lipinski definition) is 3. The van der Waals surface area contributed by atoms with Gasteiger partial charge < -0.3 is 20.9 Å². The number of likely N-dealkylation sites (N-methyl/N-ethyl adjacent to an activating group) is 1. The highest BCUT2D eigenvalue weighted by Gasteiger charge is 2.69. The maximum absolute atomic E-state index is 14.0. The Labute approximate surface area is 213 Å². The van der Waals surface area contributed by atoms with Crippen molar-refractivity contribution in [3.8, 4) is 0 Å². The van der Waals surface area contributed by atoms with Crippen LogP contribution in [0, 0.1) is 34.8 Å². The van der Waals surface area contributed by atoms with Crippen LogP contribution in [0.2, 0.25) is 0 Å². The highest BCUT2D eigenvalue weighted by atomic mass is 19.1. The summed E-state index contributed by atoms with van der Waals surface area (Å²) in [5.74, 6) is -5.10. The van der Waals surface area contributed by atoms with Crippen molar-refractivity contribution in [1.29, 1.82) is 0 Å². The van der Waals surface area contributed by atoms with Gasteiger partial charge in [0.2, 0.25) is 23.5 Å².